The third-order valence-corrected chi connectivity index (χ3v) is 3.16. The highest BCUT2D eigenvalue weighted by Gasteiger charge is 2.16. The molecule has 0 atom stereocenters. The first-order chi connectivity index (χ1) is 8.00. The average molecular weight is 322 g/mol. The van der Waals surface area contributed by atoms with Gasteiger partial charge in [0.2, 0.25) is 0 Å². The molecule has 0 aromatic heterocycles. The number of benzene rings is 2. The number of hydrogen-bond acceptors (Lipinski definition) is 0. The smallest absolute Gasteiger partial charge is 0.138 e. The molecule has 0 aliphatic carbocycles. The Kier molecular flexibility index (Phi) is 3.45. The lowest BCUT2D eigenvalue weighted by molar-refractivity contribution is 0.593. The Bertz CT molecular complexity index is 564. The van der Waals surface area contributed by atoms with Crippen molar-refractivity contribution in [1.29, 1.82) is 0 Å². The molecular weight excluding hydrogens is 316 g/mol. The molecule has 2 rings (SSSR count). The molecule has 0 N–H and O–H groups in total. The highest BCUT2D eigenvalue weighted by molar-refractivity contribution is 9.10. The Morgan fingerprint density at radius 3 is 2.29 bits per heavy atom. The van der Waals surface area contributed by atoms with Crippen molar-refractivity contribution in [3.63, 3.8) is 0 Å². The van der Waals surface area contributed by atoms with Crippen molar-refractivity contribution in [3.8, 4) is 11.1 Å². The molecule has 0 aliphatic rings. The summed E-state index contributed by atoms with van der Waals surface area (Å²) in [5, 5.41) is 0.0330. The Morgan fingerprint density at radius 1 is 0.941 bits per heavy atom. The fraction of sp³-hybridized carbons (Fsp3) is 0. The van der Waals surface area contributed by atoms with Crippen molar-refractivity contribution < 1.29 is 13.2 Å². The predicted octanol–water partition coefficient (Wildman–Crippen LogP) is 5.19. The van der Waals surface area contributed by atoms with E-state index < -0.39 is 17.5 Å². The zero-order valence-corrected chi connectivity index (χ0v) is 10.6. The minimum atomic E-state index is -0.745. The number of rotatable bonds is 1. The van der Waals surface area contributed by atoms with E-state index in [1.54, 1.807) is 0 Å². The van der Waals surface area contributed by atoms with Crippen molar-refractivity contribution >= 4 is 27.5 Å². The second-order valence-corrected chi connectivity index (χ2v) is 4.60. The van der Waals surface area contributed by atoms with Gasteiger partial charge < -0.3 is 0 Å². The summed E-state index contributed by atoms with van der Waals surface area (Å²) in [7, 11) is 0. The summed E-state index contributed by atoms with van der Waals surface area (Å²) in [6, 6.07) is 5.80. The minimum Gasteiger partial charge on any atom is -0.206 e. The van der Waals surface area contributed by atoms with Gasteiger partial charge in [0.25, 0.3) is 0 Å². The van der Waals surface area contributed by atoms with E-state index in [4.69, 9.17) is 11.6 Å². The number of halogens is 5. The second kappa shape index (κ2) is 4.70. The van der Waals surface area contributed by atoms with Crippen LogP contribution in [0, 0.1) is 17.5 Å². The molecule has 0 amide bonds. The third-order valence-electron chi connectivity index (χ3n) is 2.24. The Balaban J connectivity index is 2.73. The second-order valence-electron chi connectivity index (χ2n) is 3.34. The third kappa shape index (κ3) is 2.33. The molecule has 5 heteroatoms. The van der Waals surface area contributed by atoms with Gasteiger partial charge in [0, 0.05) is 11.1 Å². The van der Waals surface area contributed by atoms with Crippen LogP contribution in [0.25, 0.3) is 11.1 Å². The predicted molar refractivity (Wildman–Crippen MR) is 64.5 cm³/mol. The van der Waals surface area contributed by atoms with Gasteiger partial charge in [-0.15, -0.1) is 0 Å². The standard InChI is InChI=1S/C12H5BrClF3/c13-7-5-10(16)6(4-11(7)17)12-8(14)2-1-3-9(12)15/h1-5H. The summed E-state index contributed by atoms with van der Waals surface area (Å²) >= 11 is 8.64. The topological polar surface area (TPSA) is 0 Å². The molecule has 0 spiro atoms. The van der Waals surface area contributed by atoms with Crippen LogP contribution in [0.15, 0.2) is 34.8 Å². The van der Waals surface area contributed by atoms with Gasteiger partial charge in [-0.05, 0) is 40.2 Å². The van der Waals surface area contributed by atoms with Gasteiger partial charge in [0.05, 0.1) is 9.50 Å². The Labute approximate surface area is 109 Å². The van der Waals surface area contributed by atoms with Crippen LogP contribution in [0.3, 0.4) is 0 Å². The average Bonchev–Trinajstić information content (AvgIpc) is 2.25. The van der Waals surface area contributed by atoms with Gasteiger partial charge in [0.1, 0.15) is 17.5 Å². The van der Waals surface area contributed by atoms with Crippen LogP contribution in [0.2, 0.25) is 5.02 Å². The van der Waals surface area contributed by atoms with Crippen molar-refractivity contribution in [3.05, 3.63) is 57.3 Å². The highest BCUT2D eigenvalue weighted by atomic mass is 79.9. The molecule has 0 fully saturated rings. The molecule has 88 valence electrons. The van der Waals surface area contributed by atoms with E-state index in [0.29, 0.717) is 0 Å². The van der Waals surface area contributed by atoms with Crippen LogP contribution >= 0.6 is 27.5 Å². The first-order valence-electron chi connectivity index (χ1n) is 4.59. The maximum Gasteiger partial charge on any atom is 0.138 e. The maximum atomic E-state index is 13.7. The van der Waals surface area contributed by atoms with E-state index in [2.05, 4.69) is 15.9 Å². The Morgan fingerprint density at radius 2 is 1.65 bits per heavy atom. The zero-order valence-electron chi connectivity index (χ0n) is 8.28. The minimum absolute atomic E-state index is 0.0220. The lowest BCUT2D eigenvalue weighted by atomic mass is 10.0. The molecule has 0 saturated carbocycles. The Hall–Kier alpha value is -1.00. The molecule has 17 heavy (non-hydrogen) atoms. The van der Waals surface area contributed by atoms with Gasteiger partial charge in [-0.2, -0.15) is 0 Å². The van der Waals surface area contributed by atoms with E-state index in [1.807, 2.05) is 0 Å². The summed E-state index contributed by atoms with van der Waals surface area (Å²) in [6.07, 6.45) is 0. The summed E-state index contributed by atoms with van der Waals surface area (Å²) in [5.41, 5.74) is -0.341. The summed E-state index contributed by atoms with van der Waals surface area (Å²) < 4.78 is 40.5. The van der Waals surface area contributed by atoms with Gasteiger partial charge in [-0.1, -0.05) is 17.7 Å². The van der Waals surface area contributed by atoms with E-state index in [0.717, 1.165) is 18.2 Å². The van der Waals surface area contributed by atoms with E-state index in [1.165, 1.54) is 12.1 Å². The van der Waals surface area contributed by atoms with Crippen molar-refractivity contribution in [2.45, 2.75) is 0 Å². The molecule has 0 nitrogen and oxygen atoms in total. The van der Waals surface area contributed by atoms with Crippen LogP contribution in [-0.2, 0) is 0 Å². The van der Waals surface area contributed by atoms with E-state index in [-0.39, 0.29) is 20.6 Å². The van der Waals surface area contributed by atoms with Crippen LogP contribution in [0.4, 0.5) is 13.2 Å². The quantitative estimate of drug-likeness (QED) is 0.634. The molecular formula is C12H5BrClF3. The SMILES string of the molecule is Fc1cc(-c2c(F)cccc2Cl)c(F)cc1Br. The fourth-order valence-electron chi connectivity index (χ4n) is 1.47. The summed E-state index contributed by atoms with van der Waals surface area (Å²) in [5.74, 6) is -2.12. The normalized spacial score (nSPS) is 10.6. The maximum absolute atomic E-state index is 13.7. The fourth-order valence-corrected chi connectivity index (χ4v) is 2.05. The molecule has 0 aliphatic heterocycles. The molecule has 0 unspecified atom stereocenters. The molecule has 2 aromatic carbocycles. The van der Waals surface area contributed by atoms with Crippen molar-refractivity contribution in [1.82, 2.24) is 0 Å². The van der Waals surface area contributed by atoms with Crippen LogP contribution < -0.4 is 0 Å². The first kappa shape index (κ1) is 12.5. The van der Waals surface area contributed by atoms with Crippen molar-refractivity contribution in [2.24, 2.45) is 0 Å². The lowest BCUT2D eigenvalue weighted by Crippen LogP contribution is -1.92. The zero-order chi connectivity index (χ0) is 12.6. The van der Waals surface area contributed by atoms with Gasteiger partial charge in [0.15, 0.2) is 0 Å². The van der Waals surface area contributed by atoms with Crippen LogP contribution in [-0.4, -0.2) is 0 Å². The molecule has 0 saturated heterocycles. The highest BCUT2D eigenvalue weighted by Crippen LogP contribution is 2.34. The van der Waals surface area contributed by atoms with Gasteiger partial charge in [-0.3, -0.25) is 0 Å². The van der Waals surface area contributed by atoms with Gasteiger partial charge >= 0.3 is 0 Å². The monoisotopic (exact) mass is 320 g/mol. The van der Waals surface area contributed by atoms with E-state index >= 15 is 0 Å². The molecule has 0 radical (unpaired) electrons. The lowest BCUT2D eigenvalue weighted by Gasteiger charge is -2.08. The first-order valence-corrected chi connectivity index (χ1v) is 5.76. The molecule has 2 aromatic rings. The van der Waals surface area contributed by atoms with E-state index in [9.17, 15) is 13.2 Å². The number of hydrogen-bond donors (Lipinski definition) is 0. The summed E-state index contributed by atoms with van der Waals surface area (Å²) in [4.78, 5) is 0. The largest absolute Gasteiger partial charge is 0.206 e. The molecule has 0 heterocycles. The van der Waals surface area contributed by atoms with Crippen molar-refractivity contribution in [2.75, 3.05) is 0 Å². The van der Waals surface area contributed by atoms with Crippen LogP contribution in [0.1, 0.15) is 0 Å². The van der Waals surface area contributed by atoms with Gasteiger partial charge in [-0.25, -0.2) is 13.2 Å². The van der Waals surface area contributed by atoms with Crippen LogP contribution in [0.5, 0.6) is 0 Å². The molecule has 0 bridgehead atoms. The summed E-state index contributed by atoms with van der Waals surface area (Å²) in [6.45, 7) is 0.